The molecule has 1 aliphatic heterocycles. The van der Waals surface area contributed by atoms with Crippen molar-refractivity contribution in [2.24, 2.45) is 11.7 Å². The van der Waals surface area contributed by atoms with Gasteiger partial charge in [-0.25, -0.2) is 14.8 Å². The number of nitrogens with two attached hydrogens (primary N) is 2. The van der Waals surface area contributed by atoms with Crippen molar-refractivity contribution >= 4 is 29.0 Å². The normalized spacial score (nSPS) is 32.9. The third-order valence-corrected chi connectivity index (χ3v) is 6.83. The second-order valence-electron chi connectivity index (χ2n) is 9.02. The second-order valence-corrected chi connectivity index (χ2v) is 9.02. The van der Waals surface area contributed by atoms with E-state index in [1.165, 1.54) is 17.1 Å². The molecule has 0 spiro atoms. The summed E-state index contributed by atoms with van der Waals surface area (Å²) < 4.78 is 7.09. The number of nitrogen functional groups attached to an aromatic ring is 1. The molecule has 2 fully saturated rings. The molecule has 192 valence electrons. The molecule has 8 atom stereocenters. The van der Waals surface area contributed by atoms with Gasteiger partial charge in [0.05, 0.1) is 31.2 Å². The lowest BCUT2D eigenvalue weighted by Crippen LogP contribution is -2.66. The number of amides is 1. The van der Waals surface area contributed by atoms with Crippen molar-refractivity contribution in [2.75, 3.05) is 12.3 Å². The van der Waals surface area contributed by atoms with Crippen LogP contribution in [-0.4, -0.2) is 99.5 Å². The van der Waals surface area contributed by atoms with Gasteiger partial charge in [-0.3, -0.25) is 9.36 Å². The fraction of sp³-hybridized carbons (Fsp3) is 0.650. The van der Waals surface area contributed by atoms with Crippen molar-refractivity contribution < 1.29 is 39.9 Å². The Bertz CT molecular complexity index is 1100. The Morgan fingerprint density at radius 2 is 2.09 bits per heavy atom. The molecule has 15 nitrogen and oxygen atoms in total. The fourth-order valence-corrected chi connectivity index (χ4v) is 4.81. The van der Waals surface area contributed by atoms with Crippen molar-refractivity contribution in [1.82, 2.24) is 24.8 Å². The number of carboxylic acids is 1. The monoisotopic (exact) mass is 495 g/mol. The molecule has 2 aromatic rings. The first-order valence-electron chi connectivity index (χ1n) is 11.2. The predicted octanol–water partition coefficient (Wildman–Crippen LogP) is -3.16. The van der Waals surface area contributed by atoms with Crippen molar-refractivity contribution in [1.29, 1.82) is 0 Å². The second kappa shape index (κ2) is 9.60. The van der Waals surface area contributed by atoms with Gasteiger partial charge in [0.1, 0.15) is 23.3 Å². The van der Waals surface area contributed by atoms with Gasteiger partial charge in [0.2, 0.25) is 11.9 Å². The molecule has 2 aliphatic rings. The topological polar surface area (TPSA) is 252 Å². The minimum atomic E-state index is -2.42. The third kappa shape index (κ3) is 4.53. The summed E-state index contributed by atoms with van der Waals surface area (Å²) in [6.07, 6.45) is -2.91. The molecule has 0 bridgehead atoms. The summed E-state index contributed by atoms with van der Waals surface area (Å²) in [6, 6.07) is -2.08. The Morgan fingerprint density at radius 1 is 1.34 bits per heavy atom. The zero-order valence-electron chi connectivity index (χ0n) is 18.6. The third-order valence-electron chi connectivity index (χ3n) is 6.83. The number of hydrogen-bond acceptors (Lipinski definition) is 12. The van der Waals surface area contributed by atoms with E-state index in [4.69, 9.17) is 16.2 Å². The number of anilines is 1. The summed E-state index contributed by atoms with van der Waals surface area (Å²) in [4.78, 5) is 36.9. The van der Waals surface area contributed by atoms with Crippen molar-refractivity contribution in [2.45, 2.75) is 67.9 Å². The summed E-state index contributed by atoms with van der Waals surface area (Å²) in [5.74, 6) is -2.74. The molecule has 2 aromatic heterocycles. The minimum absolute atomic E-state index is 0.107. The molecule has 1 saturated heterocycles. The quantitative estimate of drug-likeness (QED) is 0.189. The molecule has 1 aliphatic carbocycles. The summed E-state index contributed by atoms with van der Waals surface area (Å²) in [5, 5.41) is 54.5. The van der Waals surface area contributed by atoms with E-state index in [1.807, 2.05) is 0 Å². The van der Waals surface area contributed by atoms with Crippen LogP contribution in [0.3, 0.4) is 0 Å². The SMILES string of the molecule is Nc1ncc2ncn([C@@H]3O[C@H](C(NC(=O)C4CCCC4N)C(=O)O)C[C@@](O)(C(O)CO)[C@H]3O)c2n1. The lowest BCUT2D eigenvalue weighted by atomic mass is 9.79. The first-order valence-corrected chi connectivity index (χ1v) is 11.2. The Labute approximate surface area is 198 Å². The number of fused-ring (bicyclic) bond motifs is 1. The molecule has 4 rings (SSSR count). The number of aromatic nitrogens is 4. The molecule has 3 heterocycles. The van der Waals surface area contributed by atoms with Gasteiger partial charge in [0, 0.05) is 12.5 Å². The summed E-state index contributed by atoms with van der Waals surface area (Å²) in [6.45, 7) is -0.937. The van der Waals surface area contributed by atoms with Crippen LogP contribution in [0.2, 0.25) is 0 Å². The van der Waals surface area contributed by atoms with Crippen LogP contribution in [0.15, 0.2) is 12.5 Å². The average molecular weight is 495 g/mol. The number of rotatable bonds is 7. The molecule has 10 N–H and O–H groups in total. The molecule has 0 aromatic carbocycles. The van der Waals surface area contributed by atoms with Gasteiger partial charge < -0.3 is 47.1 Å². The molecule has 35 heavy (non-hydrogen) atoms. The van der Waals surface area contributed by atoms with E-state index < -0.39 is 73.0 Å². The molecular weight excluding hydrogens is 466 g/mol. The van der Waals surface area contributed by atoms with E-state index in [0.717, 1.165) is 6.42 Å². The van der Waals surface area contributed by atoms with Crippen LogP contribution in [0, 0.1) is 5.92 Å². The van der Waals surface area contributed by atoms with Crippen LogP contribution in [0.4, 0.5) is 5.95 Å². The number of nitrogens with one attached hydrogen (secondary N) is 1. The maximum absolute atomic E-state index is 12.8. The number of carbonyl (C=O) groups excluding carboxylic acids is 1. The molecular formula is C20H29N7O8. The lowest BCUT2D eigenvalue weighted by molar-refractivity contribution is -0.273. The smallest absolute Gasteiger partial charge is 0.328 e. The summed E-state index contributed by atoms with van der Waals surface area (Å²) in [7, 11) is 0. The highest BCUT2D eigenvalue weighted by molar-refractivity contribution is 5.86. The van der Waals surface area contributed by atoms with E-state index in [-0.39, 0.29) is 17.1 Å². The highest BCUT2D eigenvalue weighted by Crippen LogP contribution is 2.39. The van der Waals surface area contributed by atoms with Crippen molar-refractivity contribution in [3.05, 3.63) is 12.5 Å². The van der Waals surface area contributed by atoms with Gasteiger partial charge in [-0.2, -0.15) is 4.98 Å². The Kier molecular flexibility index (Phi) is 6.90. The summed E-state index contributed by atoms with van der Waals surface area (Å²) >= 11 is 0. The molecule has 0 radical (unpaired) electrons. The number of ether oxygens (including phenoxy) is 1. The van der Waals surface area contributed by atoms with E-state index in [1.54, 1.807) is 0 Å². The molecule has 15 heteroatoms. The maximum atomic E-state index is 12.8. The first kappa shape index (κ1) is 25.2. The van der Waals surface area contributed by atoms with Crippen LogP contribution >= 0.6 is 0 Å². The Hall–Kier alpha value is -2.95. The lowest BCUT2D eigenvalue weighted by Gasteiger charge is -2.48. The molecule has 4 unspecified atom stereocenters. The van der Waals surface area contributed by atoms with Crippen molar-refractivity contribution in [3.63, 3.8) is 0 Å². The zero-order chi connectivity index (χ0) is 25.5. The summed E-state index contributed by atoms with van der Waals surface area (Å²) in [5.41, 5.74) is 9.59. The van der Waals surface area contributed by atoms with Crippen LogP contribution in [-0.2, 0) is 14.3 Å². The fourth-order valence-electron chi connectivity index (χ4n) is 4.81. The zero-order valence-corrected chi connectivity index (χ0v) is 18.6. The van der Waals surface area contributed by atoms with Gasteiger partial charge in [-0.1, -0.05) is 6.42 Å². The Morgan fingerprint density at radius 3 is 2.71 bits per heavy atom. The predicted molar refractivity (Wildman–Crippen MR) is 117 cm³/mol. The maximum Gasteiger partial charge on any atom is 0.328 e. The van der Waals surface area contributed by atoms with Gasteiger partial charge in [-0.05, 0) is 12.8 Å². The van der Waals surface area contributed by atoms with E-state index >= 15 is 0 Å². The van der Waals surface area contributed by atoms with E-state index in [0.29, 0.717) is 12.8 Å². The number of nitrogens with zero attached hydrogens (tertiary/aromatic N) is 4. The average Bonchev–Trinajstić information content (AvgIpc) is 3.44. The Balaban J connectivity index is 1.70. The van der Waals surface area contributed by atoms with E-state index in [2.05, 4.69) is 20.3 Å². The number of carbonyl (C=O) groups is 2. The van der Waals surface area contributed by atoms with Crippen LogP contribution in [0.5, 0.6) is 0 Å². The highest BCUT2D eigenvalue weighted by atomic mass is 16.5. The number of imidazole rings is 1. The number of aliphatic carboxylic acids is 1. The van der Waals surface area contributed by atoms with Gasteiger partial charge in [0.25, 0.3) is 0 Å². The largest absolute Gasteiger partial charge is 0.480 e. The minimum Gasteiger partial charge on any atom is -0.480 e. The van der Waals surface area contributed by atoms with Gasteiger partial charge in [-0.15, -0.1) is 0 Å². The number of hydrogen-bond donors (Lipinski definition) is 8. The highest BCUT2D eigenvalue weighted by Gasteiger charge is 2.56. The standard InChI is InChI=1S/C20H29N7O8/c21-9-3-1-2-8(9)16(31)25-13(18(32)33)11-4-20(34,12(29)6-28)14(30)17(35-11)27-7-24-10-5-23-19(22)26-15(10)27/h5,7-9,11-14,17,28-30,34H,1-4,6,21H2,(H,25,31)(H,32,33)(H2,22,23,26)/t8?,9?,11-,12?,13?,14-,17+,20+/m0/s1. The number of aliphatic hydroxyl groups excluding tert-OH is 3. The molecule has 1 saturated carbocycles. The van der Waals surface area contributed by atoms with E-state index in [9.17, 15) is 35.1 Å². The number of carboxylic acid groups (broad SMARTS) is 1. The van der Waals surface area contributed by atoms with Crippen molar-refractivity contribution in [3.8, 4) is 0 Å². The van der Waals surface area contributed by atoms with Gasteiger partial charge in [0.15, 0.2) is 17.9 Å². The van der Waals surface area contributed by atoms with Gasteiger partial charge >= 0.3 is 5.97 Å². The van der Waals surface area contributed by atoms with Crippen LogP contribution < -0.4 is 16.8 Å². The van der Waals surface area contributed by atoms with Crippen LogP contribution in [0.25, 0.3) is 11.2 Å². The number of aliphatic hydroxyl groups is 4. The molecule has 1 amide bonds. The first-order chi connectivity index (χ1) is 16.6. The van der Waals surface area contributed by atoms with Crippen LogP contribution in [0.1, 0.15) is 31.9 Å².